The van der Waals surface area contributed by atoms with E-state index in [2.05, 4.69) is 23.2 Å². The van der Waals surface area contributed by atoms with Crippen molar-refractivity contribution in [2.75, 3.05) is 43.1 Å². The Kier molecular flexibility index (Phi) is 5.96. The van der Waals surface area contributed by atoms with E-state index in [0.29, 0.717) is 32.7 Å². The molecule has 170 valence electrons. The Bertz CT molecular complexity index is 1160. The predicted molar refractivity (Wildman–Crippen MR) is 130 cm³/mol. The largest absolute Gasteiger partial charge is 0.378 e. The Labute approximate surface area is 194 Å². The molecule has 3 aromatic rings. The number of hydrogen-bond donors (Lipinski definition) is 1. The summed E-state index contributed by atoms with van der Waals surface area (Å²) in [6, 6.07) is 16.0. The molecule has 2 aliphatic rings. The second kappa shape index (κ2) is 9.19. The number of benzene rings is 2. The van der Waals surface area contributed by atoms with Gasteiger partial charge in [0.2, 0.25) is 0 Å². The van der Waals surface area contributed by atoms with Crippen LogP contribution in [0.25, 0.3) is 11.4 Å². The van der Waals surface area contributed by atoms with Crippen LogP contribution in [-0.2, 0) is 17.7 Å². The van der Waals surface area contributed by atoms with E-state index in [4.69, 9.17) is 14.7 Å². The number of ether oxygens (including phenoxy) is 1. The van der Waals surface area contributed by atoms with Crippen LogP contribution in [0.15, 0.2) is 48.5 Å². The zero-order valence-electron chi connectivity index (χ0n) is 19.2. The Hall–Kier alpha value is -3.45. The highest BCUT2D eigenvalue weighted by atomic mass is 16.5. The first kappa shape index (κ1) is 21.4. The number of hydrogen-bond acceptors (Lipinski definition) is 5. The summed E-state index contributed by atoms with van der Waals surface area (Å²) in [5, 5.41) is 3.10. The molecule has 2 aromatic carbocycles. The van der Waals surface area contributed by atoms with Gasteiger partial charge in [0.25, 0.3) is 0 Å². The lowest BCUT2D eigenvalue weighted by atomic mass is 10.0. The van der Waals surface area contributed by atoms with Crippen LogP contribution in [0.1, 0.15) is 22.4 Å². The molecule has 1 aromatic heterocycles. The number of morpholine rings is 1. The number of urea groups is 1. The minimum Gasteiger partial charge on any atom is -0.378 e. The Morgan fingerprint density at radius 2 is 1.76 bits per heavy atom. The van der Waals surface area contributed by atoms with Crippen molar-refractivity contribution >= 4 is 17.5 Å². The van der Waals surface area contributed by atoms with Crippen molar-refractivity contribution in [2.45, 2.75) is 26.8 Å². The summed E-state index contributed by atoms with van der Waals surface area (Å²) in [4.78, 5) is 27.2. The third-order valence-electron chi connectivity index (χ3n) is 6.51. The Balaban J connectivity index is 1.45. The van der Waals surface area contributed by atoms with Crippen LogP contribution in [0.2, 0.25) is 0 Å². The number of amides is 2. The molecule has 5 rings (SSSR count). The fourth-order valence-electron chi connectivity index (χ4n) is 4.40. The quantitative estimate of drug-likeness (QED) is 0.657. The first-order chi connectivity index (χ1) is 16.1. The van der Waals surface area contributed by atoms with Crippen molar-refractivity contribution in [1.82, 2.24) is 14.9 Å². The van der Waals surface area contributed by atoms with Crippen molar-refractivity contribution in [3.05, 3.63) is 70.9 Å². The lowest BCUT2D eigenvalue weighted by molar-refractivity contribution is 0.122. The zero-order chi connectivity index (χ0) is 22.8. The van der Waals surface area contributed by atoms with Crippen LogP contribution in [-0.4, -0.2) is 53.7 Å². The maximum atomic E-state index is 13.2. The van der Waals surface area contributed by atoms with Gasteiger partial charge in [-0.3, -0.25) is 0 Å². The summed E-state index contributed by atoms with van der Waals surface area (Å²) in [7, 11) is 0. The standard InChI is InChI=1S/C26H29N5O2/c1-18-7-6-10-22(19(18)2)28-26(32)31-12-11-23-21(17-31)25(30-13-15-33-16-14-30)29-24(27-23)20-8-4-3-5-9-20/h3-10H,11-17H2,1-2H3,(H,28,32). The molecule has 0 atom stereocenters. The molecule has 1 N–H and O–H groups in total. The number of nitrogens with zero attached hydrogens (tertiary/aromatic N) is 4. The van der Waals surface area contributed by atoms with Crippen LogP contribution >= 0.6 is 0 Å². The number of fused-ring (bicyclic) bond motifs is 1. The number of carbonyl (C=O) groups excluding carboxylic acids is 1. The van der Waals surface area contributed by atoms with Crippen molar-refractivity contribution in [2.24, 2.45) is 0 Å². The van der Waals surface area contributed by atoms with Crippen LogP contribution in [0.3, 0.4) is 0 Å². The van der Waals surface area contributed by atoms with Gasteiger partial charge in [0.15, 0.2) is 5.82 Å². The van der Waals surface area contributed by atoms with E-state index in [1.54, 1.807) is 0 Å². The molecule has 0 spiro atoms. The van der Waals surface area contributed by atoms with E-state index >= 15 is 0 Å². The SMILES string of the molecule is Cc1cccc(NC(=O)N2CCc3nc(-c4ccccc4)nc(N4CCOCC4)c3C2)c1C. The molecule has 7 heteroatoms. The monoisotopic (exact) mass is 443 g/mol. The van der Waals surface area contributed by atoms with E-state index in [-0.39, 0.29) is 6.03 Å². The van der Waals surface area contributed by atoms with Gasteiger partial charge in [-0.2, -0.15) is 0 Å². The minimum atomic E-state index is -0.0885. The summed E-state index contributed by atoms with van der Waals surface area (Å²) in [5.74, 6) is 1.66. The number of aryl methyl sites for hydroxylation is 1. The molecule has 0 unspecified atom stereocenters. The summed E-state index contributed by atoms with van der Waals surface area (Å²) in [6.45, 7) is 8.13. The highest BCUT2D eigenvalue weighted by Gasteiger charge is 2.28. The normalized spacial score (nSPS) is 15.8. The average molecular weight is 444 g/mol. The molecule has 1 saturated heterocycles. The minimum absolute atomic E-state index is 0.0885. The molecule has 0 saturated carbocycles. The van der Waals surface area contributed by atoms with Crippen molar-refractivity contribution < 1.29 is 9.53 Å². The molecule has 3 heterocycles. The molecule has 33 heavy (non-hydrogen) atoms. The molecule has 2 aliphatic heterocycles. The second-order valence-electron chi connectivity index (χ2n) is 8.61. The van der Waals surface area contributed by atoms with Crippen LogP contribution < -0.4 is 10.2 Å². The highest BCUT2D eigenvalue weighted by molar-refractivity contribution is 5.90. The molecule has 0 radical (unpaired) electrons. The number of anilines is 2. The maximum absolute atomic E-state index is 13.2. The van der Waals surface area contributed by atoms with E-state index in [1.807, 2.05) is 54.3 Å². The predicted octanol–water partition coefficient (Wildman–Crippen LogP) is 4.19. The lowest BCUT2D eigenvalue weighted by Crippen LogP contribution is -2.42. The summed E-state index contributed by atoms with van der Waals surface area (Å²) >= 11 is 0. The highest BCUT2D eigenvalue weighted by Crippen LogP contribution is 2.30. The molecular weight excluding hydrogens is 414 g/mol. The molecule has 7 nitrogen and oxygen atoms in total. The Morgan fingerprint density at radius 1 is 0.970 bits per heavy atom. The first-order valence-corrected chi connectivity index (χ1v) is 11.5. The molecule has 0 bridgehead atoms. The number of carbonyl (C=O) groups is 1. The van der Waals surface area contributed by atoms with Crippen molar-refractivity contribution in [3.8, 4) is 11.4 Å². The summed E-state index contributed by atoms with van der Waals surface area (Å²) < 4.78 is 5.57. The molecule has 1 fully saturated rings. The third kappa shape index (κ3) is 4.41. The van der Waals surface area contributed by atoms with E-state index < -0.39 is 0 Å². The van der Waals surface area contributed by atoms with Gasteiger partial charge in [0, 0.05) is 42.9 Å². The van der Waals surface area contributed by atoms with Crippen molar-refractivity contribution in [1.29, 1.82) is 0 Å². The summed E-state index contributed by atoms with van der Waals surface area (Å²) in [5.41, 5.74) is 6.18. The Morgan fingerprint density at radius 3 is 2.55 bits per heavy atom. The first-order valence-electron chi connectivity index (χ1n) is 11.5. The van der Waals surface area contributed by atoms with Crippen molar-refractivity contribution in [3.63, 3.8) is 0 Å². The third-order valence-corrected chi connectivity index (χ3v) is 6.51. The zero-order valence-corrected chi connectivity index (χ0v) is 19.2. The van der Waals surface area contributed by atoms with Gasteiger partial charge < -0.3 is 19.9 Å². The van der Waals surface area contributed by atoms with E-state index in [9.17, 15) is 4.79 Å². The maximum Gasteiger partial charge on any atom is 0.322 e. The number of aromatic nitrogens is 2. The van der Waals surface area contributed by atoms with Gasteiger partial charge in [0.1, 0.15) is 5.82 Å². The van der Waals surface area contributed by atoms with Gasteiger partial charge in [-0.15, -0.1) is 0 Å². The van der Waals surface area contributed by atoms with E-state index in [1.165, 1.54) is 0 Å². The van der Waals surface area contributed by atoms with Gasteiger partial charge >= 0.3 is 6.03 Å². The van der Waals surface area contributed by atoms with Gasteiger partial charge in [-0.1, -0.05) is 42.5 Å². The molecule has 0 aliphatic carbocycles. The fraction of sp³-hybridized carbons (Fsp3) is 0.346. The van der Waals surface area contributed by atoms with E-state index in [0.717, 1.165) is 58.4 Å². The smallest absolute Gasteiger partial charge is 0.322 e. The molecular formula is C26H29N5O2. The van der Waals surface area contributed by atoms with Crippen LogP contribution in [0.4, 0.5) is 16.3 Å². The average Bonchev–Trinajstić information content (AvgIpc) is 2.87. The van der Waals surface area contributed by atoms with Crippen LogP contribution in [0, 0.1) is 13.8 Å². The van der Waals surface area contributed by atoms with Gasteiger partial charge in [-0.05, 0) is 31.0 Å². The van der Waals surface area contributed by atoms with Gasteiger partial charge in [-0.25, -0.2) is 14.8 Å². The molecule has 2 amide bonds. The summed E-state index contributed by atoms with van der Waals surface area (Å²) in [6.07, 6.45) is 0.704. The van der Waals surface area contributed by atoms with Crippen LogP contribution in [0.5, 0.6) is 0 Å². The van der Waals surface area contributed by atoms with Gasteiger partial charge in [0.05, 0.1) is 25.5 Å². The second-order valence-corrected chi connectivity index (χ2v) is 8.61. The lowest BCUT2D eigenvalue weighted by Gasteiger charge is -2.34. The topological polar surface area (TPSA) is 70.6 Å². The fourth-order valence-corrected chi connectivity index (χ4v) is 4.40. The number of rotatable bonds is 3. The number of nitrogens with one attached hydrogen (secondary N) is 1.